The van der Waals surface area contributed by atoms with Crippen LogP contribution >= 0.6 is 23.4 Å². The molecule has 0 unspecified atom stereocenters. The number of para-hydroxylation sites is 1. The van der Waals surface area contributed by atoms with E-state index in [1.807, 2.05) is 23.9 Å². The van der Waals surface area contributed by atoms with Crippen molar-refractivity contribution >= 4 is 34.3 Å². The molecule has 3 aromatic carbocycles. The van der Waals surface area contributed by atoms with Gasteiger partial charge < -0.3 is 4.57 Å². The number of hydrogen-bond acceptors (Lipinski definition) is 1. The summed E-state index contributed by atoms with van der Waals surface area (Å²) in [6.07, 6.45) is 2.28. The van der Waals surface area contributed by atoms with Gasteiger partial charge >= 0.3 is 0 Å². The van der Waals surface area contributed by atoms with E-state index in [2.05, 4.69) is 78.4 Å². The highest BCUT2D eigenvalue weighted by Crippen LogP contribution is 2.32. The van der Waals surface area contributed by atoms with E-state index in [0.717, 1.165) is 17.3 Å². The normalized spacial score (nSPS) is 11.2. The van der Waals surface area contributed by atoms with Crippen LogP contribution in [0.1, 0.15) is 16.7 Å². The topological polar surface area (TPSA) is 4.93 Å². The second kappa shape index (κ2) is 7.61. The molecule has 0 aliphatic heterocycles. The molecule has 0 aliphatic rings. The van der Waals surface area contributed by atoms with Gasteiger partial charge in [-0.15, -0.1) is 11.8 Å². The van der Waals surface area contributed by atoms with E-state index in [4.69, 9.17) is 11.6 Å². The maximum atomic E-state index is 6.01. The molecule has 0 N–H and O–H groups in total. The molecule has 4 rings (SSSR count). The van der Waals surface area contributed by atoms with Crippen molar-refractivity contribution in [1.82, 2.24) is 4.57 Å². The molecule has 0 saturated heterocycles. The van der Waals surface area contributed by atoms with E-state index in [1.165, 1.54) is 32.5 Å². The fourth-order valence-electron chi connectivity index (χ4n) is 3.09. The number of aryl methyl sites for hydroxylation is 1. The van der Waals surface area contributed by atoms with E-state index >= 15 is 0 Å². The van der Waals surface area contributed by atoms with Gasteiger partial charge in [0.05, 0.1) is 0 Å². The lowest BCUT2D eigenvalue weighted by Gasteiger charge is -2.05. The molecule has 130 valence electrons. The Morgan fingerprint density at radius 3 is 2.31 bits per heavy atom. The zero-order valence-electron chi connectivity index (χ0n) is 14.7. The molecular formula is C23H20ClNS. The summed E-state index contributed by atoms with van der Waals surface area (Å²) in [6, 6.07) is 25.5. The van der Waals surface area contributed by atoms with Crippen LogP contribution in [0, 0.1) is 6.92 Å². The first-order valence-corrected chi connectivity index (χ1v) is 10.1. The average molecular weight is 378 g/mol. The fourth-order valence-corrected chi connectivity index (χ4v) is 4.26. The molecule has 0 saturated carbocycles. The van der Waals surface area contributed by atoms with Crippen LogP contribution in [0.25, 0.3) is 10.9 Å². The van der Waals surface area contributed by atoms with Crippen LogP contribution in [0.4, 0.5) is 0 Å². The molecule has 3 heteroatoms. The van der Waals surface area contributed by atoms with Crippen molar-refractivity contribution in [3.63, 3.8) is 0 Å². The summed E-state index contributed by atoms with van der Waals surface area (Å²) in [6.45, 7) is 2.98. The van der Waals surface area contributed by atoms with E-state index in [0.29, 0.717) is 0 Å². The van der Waals surface area contributed by atoms with Gasteiger partial charge in [0, 0.05) is 39.3 Å². The number of benzene rings is 3. The lowest BCUT2D eigenvalue weighted by molar-refractivity contribution is 0.830. The van der Waals surface area contributed by atoms with Gasteiger partial charge in [0.1, 0.15) is 0 Å². The van der Waals surface area contributed by atoms with Gasteiger partial charge in [0.2, 0.25) is 0 Å². The van der Waals surface area contributed by atoms with Gasteiger partial charge in [-0.1, -0.05) is 71.8 Å². The van der Waals surface area contributed by atoms with Crippen molar-refractivity contribution in [2.45, 2.75) is 24.1 Å². The van der Waals surface area contributed by atoms with Crippen LogP contribution in [-0.4, -0.2) is 4.57 Å². The molecule has 0 spiro atoms. The van der Waals surface area contributed by atoms with Gasteiger partial charge in [-0.05, 0) is 36.2 Å². The Morgan fingerprint density at radius 2 is 1.54 bits per heavy atom. The van der Waals surface area contributed by atoms with Gasteiger partial charge in [-0.3, -0.25) is 0 Å². The van der Waals surface area contributed by atoms with Gasteiger partial charge in [0.15, 0.2) is 0 Å². The van der Waals surface area contributed by atoms with Gasteiger partial charge in [-0.25, -0.2) is 0 Å². The average Bonchev–Trinajstić information content (AvgIpc) is 3.01. The maximum Gasteiger partial charge on any atom is 0.0495 e. The lowest BCUT2D eigenvalue weighted by Crippen LogP contribution is -1.97. The Morgan fingerprint density at radius 1 is 0.846 bits per heavy atom. The zero-order valence-corrected chi connectivity index (χ0v) is 16.2. The molecule has 26 heavy (non-hydrogen) atoms. The Labute approximate surface area is 163 Å². The third-order valence-corrected chi connectivity index (χ3v) is 5.90. The van der Waals surface area contributed by atoms with Crippen molar-refractivity contribution < 1.29 is 0 Å². The first kappa shape index (κ1) is 17.3. The van der Waals surface area contributed by atoms with Gasteiger partial charge in [-0.2, -0.15) is 0 Å². The summed E-state index contributed by atoms with van der Waals surface area (Å²) >= 11 is 7.91. The van der Waals surface area contributed by atoms with Crippen molar-refractivity contribution in [2.24, 2.45) is 0 Å². The molecule has 0 aliphatic carbocycles. The summed E-state index contributed by atoms with van der Waals surface area (Å²) < 4.78 is 2.33. The van der Waals surface area contributed by atoms with Crippen LogP contribution in [0.5, 0.6) is 0 Å². The van der Waals surface area contributed by atoms with Crippen LogP contribution in [0.3, 0.4) is 0 Å². The standard InChI is InChI=1S/C23H20ClNS/c1-17-6-8-19(9-7-17)16-26-23-15-25(22-5-3-2-4-21(22)23)14-18-10-12-20(24)13-11-18/h2-13,15H,14,16H2,1H3. The van der Waals surface area contributed by atoms with Crippen molar-refractivity contribution in [3.8, 4) is 0 Å². The highest BCUT2D eigenvalue weighted by atomic mass is 35.5. The van der Waals surface area contributed by atoms with Gasteiger partial charge in [0.25, 0.3) is 0 Å². The van der Waals surface area contributed by atoms with E-state index < -0.39 is 0 Å². The molecule has 1 nitrogen and oxygen atoms in total. The van der Waals surface area contributed by atoms with Crippen molar-refractivity contribution in [1.29, 1.82) is 0 Å². The molecule has 0 atom stereocenters. The molecule has 0 fully saturated rings. The first-order chi connectivity index (χ1) is 12.7. The number of hydrogen-bond donors (Lipinski definition) is 0. The third kappa shape index (κ3) is 3.82. The summed E-state index contributed by atoms with van der Waals surface area (Å²) in [4.78, 5) is 1.33. The second-order valence-corrected chi connectivity index (χ2v) is 7.99. The maximum absolute atomic E-state index is 6.01. The van der Waals surface area contributed by atoms with Crippen molar-refractivity contribution in [3.05, 3.63) is 101 Å². The van der Waals surface area contributed by atoms with Crippen LogP contribution in [-0.2, 0) is 12.3 Å². The number of aromatic nitrogens is 1. The van der Waals surface area contributed by atoms with Crippen LogP contribution < -0.4 is 0 Å². The highest BCUT2D eigenvalue weighted by molar-refractivity contribution is 7.98. The number of rotatable bonds is 5. The lowest BCUT2D eigenvalue weighted by atomic mass is 10.2. The number of thioether (sulfide) groups is 1. The minimum absolute atomic E-state index is 0.778. The zero-order chi connectivity index (χ0) is 17.9. The predicted octanol–water partition coefficient (Wildman–Crippen LogP) is 6.94. The Bertz CT molecular complexity index is 1020. The largest absolute Gasteiger partial charge is 0.342 e. The molecule has 4 aromatic rings. The minimum Gasteiger partial charge on any atom is -0.342 e. The predicted molar refractivity (Wildman–Crippen MR) is 113 cm³/mol. The molecular weight excluding hydrogens is 358 g/mol. The fraction of sp³-hybridized carbons (Fsp3) is 0.130. The van der Waals surface area contributed by atoms with E-state index in [1.54, 1.807) is 0 Å². The number of halogens is 1. The SMILES string of the molecule is Cc1ccc(CSc2cn(Cc3ccc(Cl)cc3)c3ccccc23)cc1. The summed E-state index contributed by atoms with van der Waals surface area (Å²) in [5.74, 6) is 0.981. The molecule has 0 bridgehead atoms. The van der Waals surface area contributed by atoms with Crippen LogP contribution in [0.15, 0.2) is 83.9 Å². The summed E-state index contributed by atoms with van der Waals surface area (Å²) in [5, 5.41) is 2.10. The quantitative estimate of drug-likeness (QED) is 0.341. The van der Waals surface area contributed by atoms with Crippen molar-refractivity contribution in [2.75, 3.05) is 0 Å². The number of fused-ring (bicyclic) bond motifs is 1. The molecule has 0 radical (unpaired) electrons. The van der Waals surface area contributed by atoms with Crippen LogP contribution in [0.2, 0.25) is 5.02 Å². The highest BCUT2D eigenvalue weighted by Gasteiger charge is 2.09. The molecule has 0 amide bonds. The smallest absolute Gasteiger partial charge is 0.0495 e. The molecule has 1 heterocycles. The minimum atomic E-state index is 0.778. The monoisotopic (exact) mass is 377 g/mol. The third-order valence-electron chi connectivity index (χ3n) is 4.53. The summed E-state index contributed by atoms with van der Waals surface area (Å²) in [7, 11) is 0. The Hall–Kier alpha value is -2.16. The van der Waals surface area contributed by atoms with E-state index in [9.17, 15) is 0 Å². The summed E-state index contributed by atoms with van der Waals surface area (Å²) in [5.41, 5.74) is 5.19. The first-order valence-electron chi connectivity index (χ1n) is 8.70. The Kier molecular flexibility index (Phi) is 5.05. The van der Waals surface area contributed by atoms with E-state index in [-0.39, 0.29) is 0 Å². The number of nitrogens with zero attached hydrogens (tertiary/aromatic N) is 1. The molecule has 1 aromatic heterocycles. The second-order valence-electron chi connectivity index (χ2n) is 6.54. The Balaban J connectivity index is 1.60.